The zero-order valence-electron chi connectivity index (χ0n) is 9.12. The summed E-state index contributed by atoms with van der Waals surface area (Å²) in [4.78, 5) is 0. The Labute approximate surface area is 94.4 Å². The molecule has 0 N–H and O–H groups in total. The molecule has 0 unspecified atom stereocenters. The van der Waals surface area contributed by atoms with E-state index in [1.165, 1.54) is 0 Å². The highest BCUT2D eigenvalue weighted by Gasteiger charge is 2.16. The number of methoxy groups -OCH3 is 1. The maximum atomic E-state index is 8.93. The van der Waals surface area contributed by atoms with E-state index in [9.17, 15) is 0 Å². The normalized spacial score (nSPS) is 10.7. The van der Waals surface area contributed by atoms with Gasteiger partial charge in [0.15, 0.2) is 0 Å². The molecule has 0 saturated heterocycles. The average Bonchev–Trinajstić information content (AvgIpc) is 2.43. The smallest absolute Gasteiger partial charge is 0.145 e. The largest absolute Gasteiger partial charge is 0.378 e. The maximum absolute atomic E-state index is 8.93. The third-order valence-electron chi connectivity index (χ3n) is 1.89. The first-order valence-corrected chi connectivity index (χ1v) is 5.12. The molecular formula is C10H14ClN3O. The van der Waals surface area contributed by atoms with Gasteiger partial charge >= 0.3 is 0 Å². The predicted molar refractivity (Wildman–Crippen MR) is 57.5 cm³/mol. The minimum atomic E-state index is 0.313. The number of nitriles is 1. The molecule has 1 rings (SSSR count). The molecule has 1 heterocycles. The van der Waals surface area contributed by atoms with Crippen LogP contribution in [-0.2, 0) is 17.9 Å². The molecule has 0 amide bonds. The van der Waals surface area contributed by atoms with E-state index in [0.29, 0.717) is 35.5 Å². The van der Waals surface area contributed by atoms with E-state index in [1.807, 2.05) is 6.07 Å². The summed E-state index contributed by atoms with van der Waals surface area (Å²) in [7, 11) is 1.57. The summed E-state index contributed by atoms with van der Waals surface area (Å²) in [5.74, 6) is 0.435. The molecule has 0 atom stereocenters. The zero-order chi connectivity index (χ0) is 11.4. The van der Waals surface area contributed by atoms with Gasteiger partial charge in [-0.25, -0.2) is 0 Å². The van der Waals surface area contributed by atoms with Gasteiger partial charge in [0.2, 0.25) is 0 Å². The van der Waals surface area contributed by atoms with Crippen molar-refractivity contribution < 1.29 is 4.74 Å². The van der Waals surface area contributed by atoms with Crippen molar-refractivity contribution in [2.75, 3.05) is 7.11 Å². The van der Waals surface area contributed by atoms with Crippen molar-refractivity contribution in [3.8, 4) is 6.07 Å². The minimum Gasteiger partial charge on any atom is -0.378 e. The van der Waals surface area contributed by atoms with Crippen LogP contribution in [0.4, 0.5) is 0 Å². The first kappa shape index (κ1) is 12.0. The molecular weight excluding hydrogens is 214 g/mol. The van der Waals surface area contributed by atoms with Crippen LogP contribution in [-0.4, -0.2) is 16.9 Å². The molecule has 0 aliphatic rings. The highest BCUT2D eigenvalue weighted by molar-refractivity contribution is 6.30. The molecule has 1 aromatic rings. The van der Waals surface area contributed by atoms with E-state index in [-0.39, 0.29) is 0 Å². The summed E-state index contributed by atoms with van der Waals surface area (Å²) in [5, 5.41) is 13.6. The van der Waals surface area contributed by atoms with Crippen molar-refractivity contribution in [2.45, 2.75) is 27.0 Å². The minimum absolute atomic E-state index is 0.313. The van der Waals surface area contributed by atoms with Gasteiger partial charge in [-0.15, -0.1) is 0 Å². The molecule has 0 saturated carbocycles. The van der Waals surface area contributed by atoms with Gasteiger partial charge in [-0.3, -0.25) is 4.68 Å². The van der Waals surface area contributed by atoms with E-state index in [0.717, 1.165) is 0 Å². The van der Waals surface area contributed by atoms with E-state index in [4.69, 9.17) is 21.6 Å². The van der Waals surface area contributed by atoms with Crippen molar-refractivity contribution >= 4 is 11.6 Å². The number of halogens is 1. The van der Waals surface area contributed by atoms with Gasteiger partial charge in [0.1, 0.15) is 22.5 Å². The van der Waals surface area contributed by atoms with E-state index in [2.05, 4.69) is 18.9 Å². The lowest BCUT2D eigenvalue weighted by Crippen LogP contribution is -2.06. The van der Waals surface area contributed by atoms with Gasteiger partial charge in [-0.05, 0) is 5.92 Å². The van der Waals surface area contributed by atoms with Crippen LogP contribution in [0.3, 0.4) is 0 Å². The summed E-state index contributed by atoms with van der Waals surface area (Å²) in [6.07, 6.45) is 0. The summed E-state index contributed by atoms with van der Waals surface area (Å²) in [5.41, 5.74) is 1.02. The van der Waals surface area contributed by atoms with Crippen LogP contribution in [0.25, 0.3) is 0 Å². The Kier molecular flexibility index (Phi) is 4.13. The molecule has 1 aromatic heterocycles. The molecule has 0 spiro atoms. The number of aromatic nitrogens is 2. The molecule has 0 aromatic carbocycles. The lowest BCUT2D eigenvalue weighted by Gasteiger charge is -2.05. The number of ether oxygens (including phenoxy) is 1. The number of nitrogens with zero attached hydrogens (tertiary/aromatic N) is 3. The number of rotatable bonds is 4. The predicted octanol–water partition coefficient (Wildman–Crippen LogP) is 2.21. The molecule has 0 radical (unpaired) electrons. The molecule has 5 heteroatoms. The van der Waals surface area contributed by atoms with Crippen LogP contribution < -0.4 is 0 Å². The summed E-state index contributed by atoms with van der Waals surface area (Å²) < 4.78 is 6.61. The molecule has 0 bridgehead atoms. The lowest BCUT2D eigenvalue weighted by atomic mass is 10.2. The molecule has 15 heavy (non-hydrogen) atoms. The number of hydrogen-bond donors (Lipinski definition) is 0. The first-order valence-electron chi connectivity index (χ1n) is 4.74. The van der Waals surface area contributed by atoms with Gasteiger partial charge in [0.25, 0.3) is 0 Å². The second kappa shape index (κ2) is 5.15. The Morgan fingerprint density at radius 1 is 1.60 bits per heavy atom. The molecule has 0 aliphatic carbocycles. The Hall–Kier alpha value is -1.05. The first-order chi connectivity index (χ1) is 7.10. The van der Waals surface area contributed by atoms with Gasteiger partial charge in [0, 0.05) is 13.7 Å². The molecule has 0 aliphatic heterocycles. The highest BCUT2D eigenvalue weighted by Crippen LogP contribution is 2.20. The van der Waals surface area contributed by atoms with Crippen molar-refractivity contribution in [1.29, 1.82) is 5.26 Å². The van der Waals surface area contributed by atoms with Crippen LogP contribution in [0, 0.1) is 17.2 Å². The summed E-state index contributed by atoms with van der Waals surface area (Å²) >= 11 is 6.03. The van der Waals surface area contributed by atoms with Crippen molar-refractivity contribution in [3.63, 3.8) is 0 Å². The fourth-order valence-electron chi connectivity index (χ4n) is 1.30. The fourth-order valence-corrected chi connectivity index (χ4v) is 1.56. The second-order valence-corrected chi connectivity index (χ2v) is 4.09. The average molecular weight is 228 g/mol. The van der Waals surface area contributed by atoms with Crippen LogP contribution >= 0.6 is 11.6 Å². The van der Waals surface area contributed by atoms with Crippen molar-refractivity contribution in [1.82, 2.24) is 9.78 Å². The van der Waals surface area contributed by atoms with Crippen LogP contribution in [0.1, 0.15) is 25.1 Å². The van der Waals surface area contributed by atoms with Gasteiger partial charge in [-0.1, -0.05) is 25.4 Å². The molecule has 82 valence electrons. The standard InChI is InChI=1S/C10H14ClN3O/c1-7(2)5-14-10(11)8(4-12)9(13-14)6-15-3/h7H,5-6H2,1-3H3. The van der Waals surface area contributed by atoms with Crippen LogP contribution in [0.15, 0.2) is 0 Å². The van der Waals surface area contributed by atoms with Crippen LogP contribution in [0.5, 0.6) is 0 Å². The monoisotopic (exact) mass is 227 g/mol. The van der Waals surface area contributed by atoms with Gasteiger partial charge < -0.3 is 4.74 Å². The molecule has 0 fully saturated rings. The zero-order valence-corrected chi connectivity index (χ0v) is 9.88. The van der Waals surface area contributed by atoms with Crippen molar-refractivity contribution in [3.05, 3.63) is 16.4 Å². The van der Waals surface area contributed by atoms with E-state index < -0.39 is 0 Å². The van der Waals surface area contributed by atoms with Gasteiger partial charge in [-0.2, -0.15) is 10.4 Å². The van der Waals surface area contributed by atoms with E-state index in [1.54, 1.807) is 11.8 Å². The Balaban J connectivity index is 3.05. The lowest BCUT2D eigenvalue weighted by molar-refractivity contribution is 0.180. The van der Waals surface area contributed by atoms with Gasteiger partial charge in [0.05, 0.1) is 6.61 Å². The van der Waals surface area contributed by atoms with E-state index >= 15 is 0 Å². The topological polar surface area (TPSA) is 50.8 Å². The summed E-state index contributed by atoms with van der Waals surface area (Å²) in [6.45, 7) is 5.16. The third kappa shape index (κ3) is 2.71. The Bertz CT molecular complexity index is 379. The Morgan fingerprint density at radius 2 is 2.27 bits per heavy atom. The van der Waals surface area contributed by atoms with Crippen LogP contribution in [0.2, 0.25) is 5.15 Å². The highest BCUT2D eigenvalue weighted by atomic mass is 35.5. The fraction of sp³-hybridized carbons (Fsp3) is 0.600. The second-order valence-electron chi connectivity index (χ2n) is 3.73. The third-order valence-corrected chi connectivity index (χ3v) is 2.28. The maximum Gasteiger partial charge on any atom is 0.145 e. The summed E-state index contributed by atoms with van der Waals surface area (Å²) in [6, 6.07) is 2.05. The Morgan fingerprint density at radius 3 is 2.73 bits per heavy atom. The number of hydrogen-bond acceptors (Lipinski definition) is 3. The molecule has 4 nitrogen and oxygen atoms in total. The SMILES string of the molecule is COCc1nn(CC(C)C)c(Cl)c1C#N. The van der Waals surface area contributed by atoms with Crippen molar-refractivity contribution in [2.24, 2.45) is 5.92 Å². The quantitative estimate of drug-likeness (QED) is 0.793.